The van der Waals surface area contributed by atoms with Crippen LogP contribution < -0.4 is 10.5 Å². The normalized spacial score (nSPS) is 18.5. The maximum absolute atomic E-state index is 12.7. The van der Waals surface area contributed by atoms with Gasteiger partial charge in [0.25, 0.3) is 5.91 Å². The van der Waals surface area contributed by atoms with Crippen LogP contribution in [0.4, 0.5) is 13.2 Å². The highest BCUT2D eigenvalue weighted by atomic mass is 35.5. The van der Waals surface area contributed by atoms with Crippen LogP contribution in [0.5, 0.6) is 5.75 Å². The second-order valence-corrected chi connectivity index (χ2v) is 6.97. The molecule has 1 aromatic carbocycles. The molecule has 1 fully saturated rings. The van der Waals surface area contributed by atoms with Crippen molar-refractivity contribution in [3.8, 4) is 5.75 Å². The lowest BCUT2D eigenvalue weighted by Gasteiger charge is -2.41. The zero-order chi connectivity index (χ0) is 20.4. The Balaban J connectivity index is 0.00000392. The Morgan fingerprint density at radius 2 is 1.75 bits per heavy atom. The molecular weight excluding hydrogens is 399 g/mol. The molecular formula is C18H25ClF3N3O3. The Bertz CT molecular complexity index is 683. The second kappa shape index (κ2) is 9.47. The SMILES string of the molecule is CC(C)[C@H](N)C(=O)N1CCN(C(=O)c2ccc(OC(F)(F)F)cc2)[C@@H](C)C1.Cl. The third-order valence-corrected chi connectivity index (χ3v) is 4.54. The minimum absolute atomic E-state index is 0. The van der Waals surface area contributed by atoms with Crippen molar-refractivity contribution in [3.05, 3.63) is 29.8 Å². The monoisotopic (exact) mass is 423 g/mol. The molecule has 1 aliphatic heterocycles. The van der Waals surface area contributed by atoms with E-state index >= 15 is 0 Å². The summed E-state index contributed by atoms with van der Waals surface area (Å²) in [6, 6.07) is 3.98. The van der Waals surface area contributed by atoms with Crippen molar-refractivity contribution < 1.29 is 27.5 Å². The highest BCUT2D eigenvalue weighted by Gasteiger charge is 2.33. The number of nitrogens with two attached hydrogens (primary N) is 1. The second-order valence-electron chi connectivity index (χ2n) is 6.97. The number of nitrogens with zero attached hydrogens (tertiary/aromatic N) is 2. The van der Waals surface area contributed by atoms with Crippen LogP contribution in [0.2, 0.25) is 0 Å². The van der Waals surface area contributed by atoms with Crippen LogP contribution in [-0.2, 0) is 4.79 Å². The van der Waals surface area contributed by atoms with E-state index < -0.39 is 12.4 Å². The van der Waals surface area contributed by atoms with E-state index in [0.29, 0.717) is 19.6 Å². The number of hydrogen-bond acceptors (Lipinski definition) is 4. The third kappa shape index (κ3) is 6.00. The summed E-state index contributed by atoms with van der Waals surface area (Å²) in [4.78, 5) is 28.3. The van der Waals surface area contributed by atoms with Gasteiger partial charge in [0.15, 0.2) is 0 Å². The molecule has 0 unspecified atom stereocenters. The fourth-order valence-electron chi connectivity index (χ4n) is 2.92. The smallest absolute Gasteiger partial charge is 0.406 e. The standard InChI is InChI=1S/C18H24F3N3O3.ClH/c1-11(2)15(22)17(26)23-8-9-24(12(3)10-23)16(25)13-4-6-14(7-5-13)27-18(19,20)21;/h4-7,11-12,15H,8-10,22H2,1-3H3;1H/t12-,15-;/m0./s1. The minimum atomic E-state index is -4.78. The first-order chi connectivity index (χ1) is 12.5. The van der Waals surface area contributed by atoms with Gasteiger partial charge in [0.2, 0.25) is 5.91 Å². The van der Waals surface area contributed by atoms with Gasteiger partial charge < -0.3 is 20.3 Å². The number of hydrogen-bond donors (Lipinski definition) is 1. The van der Waals surface area contributed by atoms with Gasteiger partial charge in [0, 0.05) is 31.2 Å². The largest absolute Gasteiger partial charge is 0.573 e. The molecule has 2 rings (SSSR count). The lowest BCUT2D eigenvalue weighted by molar-refractivity contribution is -0.274. The molecule has 0 aliphatic carbocycles. The Kier molecular flexibility index (Phi) is 8.13. The van der Waals surface area contributed by atoms with Crippen molar-refractivity contribution in [2.45, 2.75) is 39.2 Å². The van der Waals surface area contributed by atoms with Crippen LogP contribution in [0.3, 0.4) is 0 Å². The van der Waals surface area contributed by atoms with Gasteiger partial charge in [-0.3, -0.25) is 9.59 Å². The van der Waals surface area contributed by atoms with Crippen molar-refractivity contribution in [1.29, 1.82) is 0 Å². The molecule has 0 aromatic heterocycles. The molecule has 2 atom stereocenters. The molecule has 1 heterocycles. The first-order valence-corrected chi connectivity index (χ1v) is 8.70. The van der Waals surface area contributed by atoms with E-state index in [0.717, 1.165) is 12.1 Å². The molecule has 28 heavy (non-hydrogen) atoms. The van der Waals surface area contributed by atoms with Gasteiger partial charge in [-0.05, 0) is 37.1 Å². The lowest BCUT2D eigenvalue weighted by Crippen LogP contribution is -2.58. The zero-order valence-electron chi connectivity index (χ0n) is 15.9. The number of ether oxygens (including phenoxy) is 1. The number of halogens is 4. The third-order valence-electron chi connectivity index (χ3n) is 4.54. The van der Waals surface area contributed by atoms with Crippen molar-refractivity contribution in [2.75, 3.05) is 19.6 Å². The van der Waals surface area contributed by atoms with Gasteiger partial charge in [-0.1, -0.05) is 13.8 Å². The first-order valence-electron chi connectivity index (χ1n) is 8.70. The molecule has 1 aromatic rings. The van der Waals surface area contributed by atoms with E-state index in [1.165, 1.54) is 12.1 Å². The average molecular weight is 424 g/mol. The summed E-state index contributed by atoms with van der Waals surface area (Å²) >= 11 is 0. The number of carbonyl (C=O) groups is 2. The first kappa shape index (κ1) is 24.0. The molecule has 0 saturated carbocycles. The number of benzene rings is 1. The Hall–Kier alpha value is -2.00. The predicted octanol–water partition coefficient (Wildman–Crippen LogP) is 2.66. The fourth-order valence-corrected chi connectivity index (χ4v) is 2.92. The van der Waals surface area contributed by atoms with Gasteiger partial charge in [-0.25, -0.2) is 0 Å². The topological polar surface area (TPSA) is 75.9 Å². The highest BCUT2D eigenvalue weighted by Crippen LogP contribution is 2.23. The van der Waals surface area contributed by atoms with E-state index in [1.807, 2.05) is 20.8 Å². The van der Waals surface area contributed by atoms with Crippen LogP contribution in [0.25, 0.3) is 0 Å². The van der Waals surface area contributed by atoms with E-state index in [2.05, 4.69) is 4.74 Å². The van der Waals surface area contributed by atoms with Gasteiger partial charge in [0.05, 0.1) is 6.04 Å². The molecule has 2 amide bonds. The molecule has 2 N–H and O–H groups in total. The Labute approximate surface area is 168 Å². The van der Waals surface area contributed by atoms with Gasteiger partial charge in [0.1, 0.15) is 5.75 Å². The highest BCUT2D eigenvalue weighted by molar-refractivity contribution is 5.94. The van der Waals surface area contributed by atoms with Crippen LogP contribution in [0.15, 0.2) is 24.3 Å². The van der Waals surface area contributed by atoms with Crippen LogP contribution in [-0.4, -0.2) is 59.7 Å². The molecule has 0 bridgehead atoms. The maximum atomic E-state index is 12.7. The summed E-state index contributed by atoms with van der Waals surface area (Å²) in [5.74, 6) is -0.811. The van der Waals surface area contributed by atoms with Crippen LogP contribution in [0.1, 0.15) is 31.1 Å². The lowest BCUT2D eigenvalue weighted by atomic mass is 10.0. The van der Waals surface area contributed by atoms with Gasteiger partial charge >= 0.3 is 6.36 Å². The Morgan fingerprint density at radius 3 is 2.21 bits per heavy atom. The van der Waals surface area contributed by atoms with E-state index in [-0.39, 0.29) is 47.5 Å². The molecule has 158 valence electrons. The zero-order valence-corrected chi connectivity index (χ0v) is 16.7. The summed E-state index contributed by atoms with van der Waals surface area (Å²) in [6.45, 7) is 6.62. The summed E-state index contributed by atoms with van der Waals surface area (Å²) in [5.41, 5.74) is 6.18. The minimum Gasteiger partial charge on any atom is -0.406 e. The summed E-state index contributed by atoms with van der Waals surface area (Å²) in [6.07, 6.45) is -4.78. The number of rotatable bonds is 4. The van der Waals surface area contributed by atoms with Crippen molar-refractivity contribution in [2.24, 2.45) is 11.7 Å². The molecule has 6 nitrogen and oxygen atoms in total. The number of carbonyl (C=O) groups excluding carboxylic acids is 2. The molecule has 0 spiro atoms. The van der Waals surface area contributed by atoms with Crippen LogP contribution >= 0.6 is 12.4 Å². The molecule has 1 aliphatic rings. The summed E-state index contributed by atoms with van der Waals surface area (Å²) < 4.78 is 40.4. The number of piperazine rings is 1. The van der Waals surface area contributed by atoms with Crippen LogP contribution in [0, 0.1) is 5.92 Å². The molecule has 0 radical (unpaired) electrons. The number of amides is 2. The summed E-state index contributed by atoms with van der Waals surface area (Å²) in [7, 11) is 0. The van der Waals surface area contributed by atoms with Gasteiger partial charge in [-0.15, -0.1) is 25.6 Å². The van der Waals surface area contributed by atoms with E-state index in [1.54, 1.807) is 9.80 Å². The quantitative estimate of drug-likeness (QED) is 0.807. The van der Waals surface area contributed by atoms with Crippen molar-refractivity contribution in [1.82, 2.24) is 9.80 Å². The van der Waals surface area contributed by atoms with Gasteiger partial charge in [-0.2, -0.15) is 0 Å². The van der Waals surface area contributed by atoms with Crippen molar-refractivity contribution >= 4 is 24.2 Å². The fraction of sp³-hybridized carbons (Fsp3) is 0.556. The van der Waals surface area contributed by atoms with Crippen molar-refractivity contribution in [3.63, 3.8) is 0 Å². The molecule has 1 saturated heterocycles. The van der Waals surface area contributed by atoms with E-state index in [4.69, 9.17) is 5.73 Å². The summed E-state index contributed by atoms with van der Waals surface area (Å²) in [5, 5.41) is 0. The number of alkyl halides is 3. The van der Waals surface area contributed by atoms with E-state index in [9.17, 15) is 22.8 Å². The Morgan fingerprint density at radius 1 is 1.18 bits per heavy atom. The predicted molar refractivity (Wildman–Crippen MR) is 100 cm³/mol. The average Bonchev–Trinajstić information content (AvgIpc) is 2.59. The maximum Gasteiger partial charge on any atom is 0.573 e. The molecule has 10 heteroatoms.